The van der Waals surface area contributed by atoms with E-state index in [0.29, 0.717) is 0 Å². The first-order valence-electron chi connectivity index (χ1n) is 17.2. The number of hydrogen-bond acceptors (Lipinski definition) is 0. The normalized spacial score (nSPS) is 12.2. The van der Waals surface area contributed by atoms with Crippen LogP contribution in [0, 0.1) is 6.92 Å². The van der Waals surface area contributed by atoms with Gasteiger partial charge in [-0.3, -0.25) is 0 Å². The molecule has 0 unspecified atom stereocenters. The van der Waals surface area contributed by atoms with Crippen molar-refractivity contribution in [3.05, 3.63) is 169 Å². The van der Waals surface area contributed by atoms with Crippen molar-refractivity contribution in [1.82, 2.24) is 0 Å². The molecule has 0 radical (unpaired) electrons. The number of rotatable bonds is 3. The molecular formula is C49H30. The van der Waals surface area contributed by atoms with Crippen LogP contribution < -0.4 is 0 Å². The molecule has 11 rings (SSSR count). The molecule has 0 aromatic heterocycles. The number of benzene rings is 9. The van der Waals surface area contributed by atoms with Gasteiger partial charge in [-0.25, -0.2) is 0 Å². The number of aryl methyl sites for hydroxylation is 1. The summed E-state index contributed by atoms with van der Waals surface area (Å²) in [4.78, 5) is 0. The third-order valence-corrected chi connectivity index (χ3v) is 11.0. The van der Waals surface area contributed by atoms with Crippen LogP contribution in [0.25, 0.3) is 110 Å². The van der Waals surface area contributed by atoms with Crippen molar-refractivity contribution in [2.75, 3.05) is 0 Å². The molecular weight excluding hydrogens is 589 g/mol. The lowest BCUT2D eigenvalue weighted by molar-refractivity contribution is 1.48. The molecule has 226 valence electrons. The molecule has 2 aliphatic rings. The van der Waals surface area contributed by atoms with E-state index in [9.17, 15) is 0 Å². The van der Waals surface area contributed by atoms with Gasteiger partial charge in [-0.15, -0.1) is 0 Å². The minimum atomic E-state index is 1.25. The Kier molecular flexibility index (Phi) is 5.41. The van der Waals surface area contributed by atoms with Gasteiger partial charge in [0.25, 0.3) is 0 Å². The Hall–Kier alpha value is -6.24. The van der Waals surface area contributed by atoms with Crippen molar-refractivity contribution >= 4 is 32.3 Å². The lowest BCUT2D eigenvalue weighted by atomic mass is 9.82. The highest BCUT2D eigenvalue weighted by Crippen LogP contribution is 2.59. The predicted molar refractivity (Wildman–Crippen MR) is 209 cm³/mol. The molecule has 0 fully saturated rings. The van der Waals surface area contributed by atoms with Gasteiger partial charge in [0.2, 0.25) is 0 Å². The van der Waals surface area contributed by atoms with Crippen LogP contribution in [0.4, 0.5) is 0 Å². The topological polar surface area (TPSA) is 0 Å². The molecule has 0 saturated carbocycles. The molecule has 0 atom stereocenters. The maximum atomic E-state index is 2.41. The maximum absolute atomic E-state index is 2.41. The molecule has 0 nitrogen and oxygen atoms in total. The molecule has 0 spiro atoms. The second-order valence-corrected chi connectivity index (χ2v) is 13.6. The van der Waals surface area contributed by atoms with Gasteiger partial charge in [0.1, 0.15) is 0 Å². The van der Waals surface area contributed by atoms with Crippen molar-refractivity contribution in [1.29, 1.82) is 0 Å². The predicted octanol–water partition coefficient (Wildman–Crippen LogP) is 13.8. The van der Waals surface area contributed by atoms with Crippen molar-refractivity contribution in [2.45, 2.75) is 6.92 Å². The minimum Gasteiger partial charge on any atom is -0.0622 e. The van der Waals surface area contributed by atoms with Gasteiger partial charge in [0.15, 0.2) is 0 Å². The molecule has 9 aromatic carbocycles. The van der Waals surface area contributed by atoms with Crippen LogP contribution in [0.15, 0.2) is 164 Å². The summed E-state index contributed by atoms with van der Waals surface area (Å²) in [5.41, 5.74) is 19.7. The van der Waals surface area contributed by atoms with E-state index in [4.69, 9.17) is 0 Å². The summed E-state index contributed by atoms with van der Waals surface area (Å²) < 4.78 is 0. The molecule has 0 amide bonds. The standard InChI is InChI=1S/C49H30/c1-29-22-23-34-37-19-10-18-35-32(24-26-40(46(35)37)43(34)28-29)33-25-27-42-47-36(33)20-11-21-41(47)48-44(30-12-4-2-5-13-30)38-16-8-9-17-39(38)45(49(42)48)31-14-6-3-7-15-31/h2-28H,1H3. The van der Waals surface area contributed by atoms with Gasteiger partial charge >= 0.3 is 0 Å². The first-order valence-corrected chi connectivity index (χ1v) is 17.2. The summed E-state index contributed by atoms with van der Waals surface area (Å²) in [6, 6.07) is 61.2. The molecule has 0 N–H and O–H groups in total. The van der Waals surface area contributed by atoms with E-state index in [1.54, 1.807) is 0 Å². The van der Waals surface area contributed by atoms with Crippen LogP contribution in [-0.4, -0.2) is 0 Å². The van der Waals surface area contributed by atoms with Gasteiger partial charge in [-0.2, -0.15) is 0 Å². The molecule has 0 aliphatic heterocycles. The third kappa shape index (κ3) is 3.58. The average molecular weight is 619 g/mol. The van der Waals surface area contributed by atoms with Crippen molar-refractivity contribution in [3.63, 3.8) is 0 Å². The second kappa shape index (κ2) is 9.89. The largest absolute Gasteiger partial charge is 0.0622 e. The highest BCUT2D eigenvalue weighted by atomic mass is 14.3. The van der Waals surface area contributed by atoms with Gasteiger partial charge in [-0.05, 0) is 117 Å². The molecule has 0 bridgehead atoms. The Balaban J connectivity index is 1.25. The monoisotopic (exact) mass is 618 g/mol. The van der Waals surface area contributed by atoms with Crippen molar-refractivity contribution in [3.8, 4) is 77.9 Å². The fourth-order valence-corrected chi connectivity index (χ4v) is 9.05. The zero-order chi connectivity index (χ0) is 32.2. The molecule has 0 saturated heterocycles. The van der Waals surface area contributed by atoms with Crippen LogP contribution in [0.2, 0.25) is 0 Å². The van der Waals surface area contributed by atoms with E-state index < -0.39 is 0 Å². The summed E-state index contributed by atoms with van der Waals surface area (Å²) in [7, 11) is 0. The minimum absolute atomic E-state index is 1.25. The first kappa shape index (κ1) is 26.8. The highest BCUT2D eigenvalue weighted by Gasteiger charge is 2.31. The zero-order valence-corrected chi connectivity index (χ0v) is 27.1. The van der Waals surface area contributed by atoms with Crippen LogP contribution in [0.1, 0.15) is 5.56 Å². The van der Waals surface area contributed by atoms with Gasteiger partial charge in [0, 0.05) is 0 Å². The summed E-state index contributed by atoms with van der Waals surface area (Å²) in [5.74, 6) is 0. The molecule has 49 heavy (non-hydrogen) atoms. The molecule has 0 heterocycles. The van der Waals surface area contributed by atoms with E-state index in [1.807, 2.05) is 0 Å². The van der Waals surface area contributed by atoms with Crippen LogP contribution in [0.3, 0.4) is 0 Å². The summed E-state index contributed by atoms with van der Waals surface area (Å²) in [5, 5.41) is 7.93. The number of fused-ring (bicyclic) bond motifs is 7. The summed E-state index contributed by atoms with van der Waals surface area (Å²) in [6.45, 7) is 2.19. The quantitative estimate of drug-likeness (QED) is 0.185. The third-order valence-electron chi connectivity index (χ3n) is 11.0. The lowest BCUT2D eigenvalue weighted by Gasteiger charge is -2.20. The van der Waals surface area contributed by atoms with Gasteiger partial charge < -0.3 is 0 Å². The van der Waals surface area contributed by atoms with Crippen molar-refractivity contribution < 1.29 is 0 Å². The van der Waals surface area contributed by atoms with E-state index >= 15 is 0 Å². The Bertz CT molecular complexity index is 2760. The van der Waals surface area contributed by atoms with Crippen molar-refractivity contribution in [2.24, 2.45) is 0 Å². The average Bonchev–Trinajstić information content (AvgIpc) is 3.66. The maximum Gasteiger partial charge on any atom is -0.000741 e. The summed E-state index contributed by atoms with van der Waals surface area (Å²) in [6.07, 6.45) is 0. The SMILES string of the molecule is Cc1ccc2c(c1)-c1ccc(-c3ccc4c5c(cccc35)-c3c-4c(-c4ccccc4)c4ccccc4c3-c3ccccc3)c3cccc-2c13. The Labute approximate surface area is 285 Å². The Morgan fingerprint density at radius 2 is 0.694 bits per heavy atom. The van der Waals surface area contributed by atoms with E-state index in [-0.39, 0.29) is 0 Å². The van der Waals surface area contributed by atoms with E-state index in [2.05, 4.69) is 171 Å². The molecule has 9 aromatic rings. The fourth-order valence-electron chi connectivity index (χ4n) is 9.05. The molecule has 0 heteroatoms. The zero-order valence-electron chi connectivity index (χ0n) is 27.1. The van der Waals surface area contributed by atoms with E-state index in [0.717, 1.165) is 0 Å². The second-order valence-electron chi connectivity index (χ2n) is 13.6. The fraction of sp³-hybridized carbons (Fsp3) is 0.0204. The number of hydrogen-bond donors (Lipinski definition) is 0. The smallest absolute Gasteiger partial charge is 0.000741 e. The van der Waals surface area contributed by atoms with Gasteiger partial charge in [0.05, 0.1) is 0 Å². The van der Waals surface area contributed by atoms with Crippen LogP contribution in [-0.2, 0) is 0 Å². The first-order chi connectivity index (χ1) is 24.3. The Morgan fingerprint density at radius 3 is 1.31 bits per heavy atom. The lowest BCUT2D eigenvalue weighted by Crippen LogP contribution is -1.93. The highest BCUT2D eigenvalue weighted by molar-refractivity contribution is 6.29. The molecule has 2 aliphatic carbocycles. The van der Waals surface area contributed by atoms with Crippen LogP contribution in [0.5, 0.6) is 0 Å². The van der Waals surface area contributed by atoms with Gasteiger partial charge in [-0.1, -0.05) is 169 Å². The van der Waals surface area contributed by atoms with Crippen LogP contribution >= 0.6 is 0 Å². The summed E-state index contributed by atoms with van der Waals surface area (Å²) >= 11 is 0. The Morgan fingerprint density at radius 1 is 0.265 bits per heavy atom. The van der Waals surface area contributed by atoms with E-state index in [1.165, 1.54) is 116 Å².